The molecule has 0 unspecified atom stereocenters. The van der Waals surface area contributed by atoms with E-state index >= 15 is 0 Å². The lowest BCUT2D eigenvalue weighted by Crippen LogP contribution is -2.40. The molecule has 0 radical (unpaired) electrons. The Morgan fingerprint density at radius 3 is 3.00 bits per heavy atom. The van der Waals surface area contributed by atoms with Crippen LogP contribution in [0.25, 0.3) is 0 Å². The molecule has 0 spiro atoms. The smallest absolute Gasteiger partial charge is 0.307 e. The highest BCUT2D eigenvalue weighted by Crippen LogP contribution is 2.18. The third-order valence-electron chi connectivity index (χ3n) is 2.49. The minimum absolute atomic E-state index is 0.225. The van der Waals surface area contributed by atoms with Crippen molar-refractivity contribution in [3.05, 3.63) is 0 Å². The highest BCUT2D eigenvalue weighted by atomic mass is 16.4. The van der Waals surface area contributed by atoms with Crippen molar-refractivity contribution in [1.82, 2.24) is 10.7 Å². The second-order valence-corrected chi connectivity index (χ2v) is 3.54. The zero-order valence-corrected chi connectivity index (χ0v) is 7.62. The summed E-state index contributed by atoms with van der Waals surface area (Å²) < 4.78 is 0. The number of hydrazine groups is 1. The standard InChI is InChI=1S/C8H17N3O2/c9-11-2-1-6-3-7(8(12)13)5-10-4-6/h6-7,10-11H,1-5,9H2,(H,12,13)/t6-,7-/m1/s1. The molecule has 0 aromatic rings. The topological polar surface area (TPSA) is 87.4 Å². The third kappa shape index (κ3) is 3.30. The Hall–Kier alpha value is -0.650. The van der Waals surface area contributed by atoms with E-state index in [9.17, 15) is 4.79 Å². The number of carboxylic acids is 1. The van der Waals surface area contributed by atoms with Gasteiger partial charge < -0.3 is 10.4 Å². The van der Waals surface area contributed by atoms with Gasteiger partial charge in [-0.05, 0) is 25.3 Å². The van der Waals surface area contributed by atoms with Crippen molar-refractivity contribution in [2.24, 2.45) is 17.7 Å². The molecule has 76 valence electrons. The fraction of sp³-hybridized carbons (Fsp3) is 0.875. The maximum Gasteiger partial charge on any atom is 0.307 e. The van der Waals surface area contributed by atoms with Gasteiger partial charge in [0.2, 0.25) is 0 Å². The maximum atomic E-state index is 10.7. The molecule has 5 nitrogen and oxygen atoms in total. The van der Waals surface area contributed by atoms with Crippen LogP contribution in [-0.2, 0) is 4.79 Å². The van der Waals surface area contributed by atoms with Crippen molar-refractivity contribution in [2.45, 2.75) is 12.8 Å². The lowest BCUT2D eigenvalue weighted by Gasteiger charge is -2.27. The van der Waals surface area contributed by atoms with E-state index in [1.54, 1.807) is 0 Å². The first-order chi connectivity index (χ1) is 6.24. The second kappa shape index (κ2) is 5.16. The largest absolute Gasteiger partial charge is 0.481 e. The van der Waals surface area contributed by atoms with Gasteiger partial charge >= 0.3 is 5.97 Å². The van der Waals surface area contributed by atoms with E-state index < -0.39 is 5.97 Å². The molecule has 2 atom stereocenters. The van der Waals surface area contributed by atoms with Crippen molar-refractivity contribution in [3.63, 3.8) is 0 Å². The molecule has 0 bridgehead atoms. The van der Waals surface area contributed by atoms with Crippen LogP contribution in [0.15, 0.2) is 0 Å². The number of hydrogen-bond donors (Lipinski definition) is 4. The van der Waals surface area contributed by atoms with Crippen molar-refractivity contribution < 1.29 is 9.90 Å². The van der Waals surface area contributed by atoms with Gasteiger partial charge in [-0.15, -0.1) is 0 Å². The van der Waals surface area contributed by atoms with Crippen LogP contribution in [0.4, 0.5) is 0 Å². The lowest BCUT2D eigenvalue weighted by atomic mass is 9.88. The van der Waals surface area contributed by atoms with Crippen LogP contribution in [0.3, 0.4) is 0 Å². The van der Waals surface area contributed by atoms with Crippen LogP contribution >= 0.6 is 0 Å². The Labute approximate surface area is 77.7 Å². The number of hydrogen-bond acceptors (Lipinski definition) is 4. The molecule has 0 aliphatic carbocycles. The molecule has 1 fully saturated rings. The van der Waals surface area contributed by atoms with Crippen LogP contribution in [0.2, 0.25) is 0 Å². The molecular weight excluding hydrogens is 170 g/mol. The fourth-order valence-corrected chi connectivity index (χ4v) is 1.73. The van der Waals surface area contributed by atoms with Crippen LogP contribution < -0.4 is 16.6 Å². The SMILES string of the molecule is NNCC[C@H]1CNC[C@H](C(=O)O)C1. The average Bonchev–Trinajstić information content (AvgIpc) is 2.15. The van der Waals surface area contributed by atoms with Gasteiger partial charge in [-0.2, -0.15) is 0 Å². The van der Waals surface area contributed by atoms with Crippen molar-refractivity contribution in [2.75, 3.05) is 19.6 Å². The highest BCUT2D eigenvalue weighted by molar-refractivity contribution is 5.70. The van der Waals surface area contributed by atoms with Gasteiger partial charge in [0.05, 0.1) is 5.92 Å². The summed E-state index contributed by atoms with van der Waals surface area (Å²) in [6.07, 6.45) is 1.71. The second-order valence-electron chi connectivity index (χ2n) is 3.54. The number of aliphatic carboxylic acids is 1. The Balaban J connectivity index is 2.29. The van der Waals surface area contributed by atoms with E-state index in [-0.39, 0.29) is 5.92 Å². The summed E-state index contributed by atoms with van der Waals surface area (Å²) in [5.74, 6) is 4.67. The first kappa shape index (κ1) is 10.4. The number of carbonyl (C=O) groups is 1. The Bertz CT molecular complexity index is 175. The van der Waals surface area contributed by atoms with Crippen LogP contribution in [0.5, 0.6) is 0 Å². The molecule has 1 rings (SSSR count). The molecule has 5 N–H and O–H groups in total. The van der Waals surface area contributed by atoms with E-state index in [1.807, 2.05) is 0 Å². The molecule has 1 saturated heterocycles. The first-order valence-corrected chi connectivity index (χ1v) is 4.61. The lowest BCUT2D eigenvalue weighted by molar-refractivity contribution is -0.142. The summed E-state index contributed by atoms with van der Waals surface area (Å²) in [5.41, 5.74) is 2.58. The Kier molecular flexibility index (Phi) is 4.14. The molecule has 13 heavy (non-hydrogen) atoms. The van der Waals surface area contributed by atoms with E-state index in [4.69, 9.17) is 10.9 Å². The van der Waals surface area contributed by atoms with Crippen LogP contribution in [-0.4, -0.2) is 30.7 Å². The molecular formula is C8H17N3O2. The number of rotatable bonds is 4. The molecule has 0 aromatic carbocycles. The van der Waals surface area contributed by atoms with E-state index in [2.05, 4.69) is 10.7 Å². The summed E-state index contributed by atoms with van der Waals surface area (Å²) in [4.78, 5) is 10.7. The fourth-order valence-electron chi connectivity index (χ4n) is 1.73. The minimum Gasteiger partial charge on any atom is -0.481 e. The summed E-state index contributed by atoms with van der Waals surface area (Å²) in [6, 6.07) is 0. The van der Waals surface area contributed by atoms with Crippen molar-refractivity contribution in [1.29, 1.82) is 0 Å². The molecule has 1 aliphatic rings. The van der Waals surface area contributed by atoms with Crippen LogP contribution in [0, 0.1) is 11.8 Å². The minimum atomic E-state index is -0.696. The predicted molar refractivity (Wildman–Crippen MR) is 48.9 cm³/mol. The summed E-state index contributed by atoms with van der Waals surface area (Å²) >= 11 is 0. The molecule has 0 aromatic heterocycles. The van der Waals surface area contributed by atoms with Gasteiger partial charge in [-0.3, -0.25) is 16.1 Å². The Morgan fingerprint density at radius 1 is 1.62 bits per heavy atom. The summed E-state index contributed by atoms with van der Waals surface area (Å²) in [5, 5.41) is 11.9. The van der Waals surface area contributed by atoms with Crippen LogP contribution in [0.1, 0.15) is 12.8 Å². The van der Waals surface area contributed by atoms with Gasteiger partial charge in [0.25, 0.3) is 0 Å². The number of nitrogens with two attached hydrogens (primary N) is 1. The highest BCUT2D eigenvalue weighted by Gasteiger charge is 2.25. The summed E-state index contributed by atoms with van der Waals surface area (Å²) in [7, 11) is 0. The number of piperidine rings is 1. The monoisotopic (exact) mass is 187 g/mol. The van der Waals surface area contributed by atoms with Gasteiger partial charge in [0.15, 0.2) is 0 Å². The molecule has 5 heteroatoms. The van der Waals surface area contributed by atoms with Crippen molar-refractivity contribution in [3.8, 4) is 0 Å². The van der Waals surface area contributed by atoms with Gasteiger partial charge in [-0.25, -0.2) is 0 Å². The normalized spacial score (nSPS) is 28.7. The third-order valence-corrected chi connectivity index (χ3v) is 2.49. The molecule has 0 saturated carbocycles. The zero-order valence-electron chi connectivity index (χ0n) is 7.62. The Morgan fingerprint density at radius 2 is 2.38 bits per heavy atom. The molecule has 1 heterocycles. The zero-order chi connectivity index (χ0) is 9.68. The molecule has 1 aliphatic heterocycles. The van der Waals surface area contributed by atoms with Gasteiger partial charge in [0.1, 0.15) is 0 Å². The van der Waals surface area contributed by atoms with Crippen molar-refractivity contribution >= 4 is 5.97 Å². The number of nitrogens with one attached hydrogen (secondary N) is 2. The average molecular weight is 187 g/mol. The van der Waals surface area contributed by atoms with E-state index in [0.29, 0.717) is 12.5 Å². The van der Waals surface area contributed by atoms with Gasteiger partial charge in [0, 0.05) is 13.1 Å². The van der Waals surface area contributed by atoms with E-state index in [1.165, 1.54) is 0 Å². The number of carboxylic acid groups (broad SMARTS) is 1. The quantitative estimate of drug-likeness (QED) is 0.340. The maximum absolute atomic E-state index is 10.7. The van der Waals surface area contributed by atoms with E-state index in [0.717, 1.165) is 25.9 Å². The summed E-state index contributed by atoms with van der Waals surface area (Å²) in [6.45, 7) is 2.26. The predicted octanol–water partition coefficient (Wildman–Crippen LogP) is -0.850. The van der Waals surface area contributed by atoms with Gasteiger partial charge in [-0.1, -0.05) is 0 Å². The first-order valence-electron chi connectivity index (χ1n) is 4.61. The molecule has 0 amide bonds.